The lowest BCUT2D eigenvalue weighted by molar-refractivity contribution is -0.138. The molecule has 1 amide bonds. The van der Waals surface area contributed by atoms with Gasteiger partial charge >= 0.3 is 0 Å². The first kappa shape index (κ1) is 22.1. The van der Waals surface area contributed by atoms with E-state index < -0.39 is 10.0 Å². The lowest BCUT2D eigenvalue weighted by atomic mass is 9.78. The van der Waals surface area contributed by atoms with E-state index in [-0.39, 0.29) is 15.8 Å². The summed E-state index contributed by atoms with van der Waals surface area (Å²) >= 11 is 6.14. The molecule has 2 atom stereocenters. The van der Waals surface area contributed by atoms with Crippen molar-refractivity contribution in [3.8, 4) is 0 Å². The Morgan fingerprint density at radius 2 is 1.70 bits per heavy atom. The first-order valence-electron chi connectivity index (χ1n) is 11.2. The molecule has 0 N–H and O–H groups in total. The summed E-state index contributed by atoms with van der Waals surface area (Å²) in [5, 5.41) is 0.251. The Bertz CT molecular complexity index is 861. The molecular formula is C22H32ClN3O3S. The highest BCUT2D eigenvalue weighted by molar-refractivity contribution is 7.89. The fourth-order valence-electron chi connectivity index (χ4n) is 5.36. The van der Waals surface area contributed by atoms with Crippen molar-refractivity contribution in [2.75, 3.05) is 39.3 Å². The van der Waals surface area contributed by atoms with Gasteiger partial charge in [-0.3, -0.25) is 9.69 Å². The monoisotopic (exact) mass is 453 g/mol. The van der Waals surface area contributed by atoms with Crippen molar-refractivity contribution in [1.82, 2.24) is 14.1 Å². The van der Waals surface area contributed by atoms with Crippen molar-refractivity contribution in [2.24, 2.45) is 5.92 Å². The molecule has 1 aliphatic carbocycles. The van der Waals surface area contributed by atoms with Gasteiger partial charge in [0.1, 0.15) is 4.90 Å². The number of fused-ring (bicyclic) bond motifs is 1. The number of amides is 1. The van der Waals surface area contributed by atoms with Crippen molar-refractivity contribution < 1.29 is 13.2 Å². The predicted octanol–water partition coefficient (Wildman–Crippen LogP) is 3.22. The minimum atomic E-state index is -3.62. The van der Waals surface area contributed by atoms with E-state index in [0.717, 1.165) is 25.9 Å². The van der Waals surface area contributed by atoms with Gasteiger partial charge in [0, 0.05) is 32.2 Å². The van der Waals surface area contributed by atoms with Gasteiger partial charge in [-0.1, -0.05) is 36.6 Å². The van der Waals surface area contributed by atoms with E-state index in [1.54, 1.807) is 24.3 Å². The molecule has 2 heterocycles. The lowest BCUT2D eigenvalue weighted by Gasteiger charge is -2.44. The predicted molar refractivity (Wildman–Crippen MR) is 118 cm³/mol. The summed E-state index contributed by atoms with van der Waals surface area (Å²) in [7, 11) is -3.62. The molecule has 6 nitrogen and oxygen atoms in total. The number of benzene rings is 1. The van der Waals surface area contributed by atoms with E-state index in [0.29, 0.717) is 44.6 Å². The molecule has 30 heavy (non-hydrogen) atoms. The summed E-state index contributed by atoms with van der Waals surface area (Å²) in [6.07, 6.45) is 7.99. The number of halogens is 1. The van der Waals surface area contributed by atoms with Gasteiger partial charge in [-0.05, 0) is 56.7 Å². The Morgan fingerprint density at radius 1 is 0.933 bits per heavy atom. The first-order valence-corrected chi connectivity index (χ1v) is 13.0. The zero-order valence-corrected chi connectivity index (χ0v) is 19.1. The van der Waals surface area contributed by atoms with Crippen LogP contribution in [-0.4, -0.2) is 73.7 Å². The van der Waals surface area contributed by atoms with Gasteiger partial charge in [-0.25, -0.2) is 8.42 Å². The maximum Gasteiger partial charge on any atom is 0.244 e. The van der Waals surface area contributed by atoms with E-state index in [2.05, 4.69) is 9.80 Å². The maximum absolute atomic E-state index is 13.1. The Morgan fingerprint density at radius 3 is 2.53 bits per heavy atom. The van der Waals surface area contributed by atoms with Gasteiger partial charge in [0.15, 0.2) is 0 Å². The molecule has 2 saturated heterocycles. The van der Waals surface area contributed by atoms with Crippen LogP contribution in [0.25, 0.3) is 0 Å². The molecule has 3 aliphatic rings. The highest BCUT2D eigenvalue weighted by atomic mass is 35.5. The van der Waals surface area contributed by atoms with Crippen LogP contribution in [0.5, 0.6) is 0 Å². The zero-order chi connectivity index (χ0) is 21.1. The maximum atomic E-state index is 13.1. The molecule has 166 valence electrons. The summed E-state index contributed by atoms with van der Waals surface area (Å²) in [5.41, 5.74) is 0. The molecule has 4 rings (SSSR count). The van der Waals surface area contributed by atoms with E-state index in [9.17, 15) is 13.2 Å². The van der Waals surface area contributed by atoms with Crippen LogP contribution < -0.4 is 0 Å². The van der Waals surface area contributed by atoms with E-state index in [1.165, 1.54) is 30.0 Å². The second kappa shape index (κ2) is 9.55. The number of sulfonamides is 1. The summed E-state index contributed by atoms with van der Waals surface area (Å²) in [4.78, 5) is 17.5. The fraction of sp³-hybridized carbons (Fsp3) is 0.682. The second-order valence-electron chi connectivity index (χ2n) is 8.81. The minimum absolute atomic E-state index is 0.160. The Labute approximate surface area is 185 Å². The number of hydrogen-bond donors (Lipinski definition) is 0. The number of piperidine rings is 1. The number of hydrogen-bond acceptors (Lipinski definition) is 4. The normalized spacial score (nSPS) is 26.8. The zero-order valence-electron chi connectivity index (χ0n) is 17.5. The molecule has 1 aromatic carbocycles. The Kier molecular flexibility index (Phi) is 7.02. The van der Waals surface area contributed by atoms with Gasteiger partial charge < -0.3 is 4.90 Å². The average Bonchev–Trinajstić information content (AvgIpc) is 2.99. The molecule has 3 fully saturated rings. The highest BCUT2D eigenvalue weighted by Gasteiger charge is 2.36. The van der Waals surface area contributed by atoms with E-state index in [4.69, 9.17) is 11.6 Å². The standard InChI is InChI=1S/C22H32ClN3O3S/c23-19-9-2-4-11-21(19)30(28,29)25-13-6-12-24(15-16-25)17-22(27)26-14-5-8-18-7-1-3-10-20(18)26/h2,4,9,11,18,20H,1,3,5-8,10,12-17H2. The first-order chi connectivity index (χ1) is 14.5. The molecule has 0 radical (unpaired) electrons. The molecule has 0 bridgehead atoms. The quantitative estimate of drug-likeness (QED) is 0.702. The largest absolute Gasteiger partial charge is 0.338 e. The number of carbonyl (C=O) groups excluding carboxylic acids is 1. The van der Waals surface area contributed by atoms with Gasteiger partial charge in [0.2, 0.25) is 15.9 Å². The van der Waals surface area contributed by atoms with Gasteiger partial charge in [-0.2, -0.15) is 4.31 Å². The Balaban J connectivity index is 1.37. The van der Waals surface area contributed by atoms with Crippen LogP contribution in [0.3, 0.4) is 0 Å². The van der Waals surface area contributed by atoms with Crippen molar-refractivity contribution in [3.63, 3.8) is 0 Å². The summed E-state index contributed by atoms with van der Waals surface area (Å²) < 4.78 is 27.6. The third-order valence-electron chi connectivity index (χ3n) is 6.92. The molecule has 1 saturated carbocycles. The average molecular weight is 454 g/mol. The SMILES string of the molecule is O=C(CN1CCCN(S(=O)(=O)c2ccccc2Cl)CC1)N1CCCC2CCCCC21. The fourth-order valence-corrected chi connectivity index (χ4v) is 7.32. The van der Waals surface area contributed by atoms with Crippen LogP contribution in [0, 0.1) is 5.92 Å². The smallest absolute Gasteiger partial charge is 0.244 e. The van der Waals surface area contributed by atoms with Gasteiger partial charge in [-0.15, -0.1) is 0 Å². The lowest BCUT2D eigenvalue weighted by Crippen LogP contribution is -2.52. The Hall–Kier alpha value is -1.15. The van der Waals surface area contributed by atoms with Crippen LogP contribution in [0.15, 0.2) is 29.2 Å². The number of carbonyl (C=O) groups is 1. The van der Waals surface area contributed by atoms with Crippen LogP contribution in [0.4, 0.5) is 0 Å². The molecule has 2 unspecified atom stereocenters. The topological polar surface area (TPSA) is 60.9 Å². The number of nitrogens with zero attached hydrogens (tertiary/aromatic N) is 3. The summed E-state index contributed by atoms with van der Waals surface area (Å²) in [6.45, 7) is 3.41. The highest BCUT2D eigenvalue weighted by Crippen LogP contribution is 2.35. The van der Waals surface area contributed by atoms with Crippen LogP contribution >= 0.6 is 11.6 Å². The minimum Gasteiger partial charge on any atom is -0.338 e. The van der Waals surface area contributed by atoms with Gasteiger partial charge in [0.05, 0.1) is 11.6 Å². The second-order valence-corrected chi connectivity index (χ2v) is 11.1. The molecule has 0 aromatic heterocycles. The molecule has 2 aliphatic heterocycles. The van der Waals surface area contributed by atoms with Crippen LogP contribution in [0.1, 0.15) is 44.9 Å². The third kappa shape index (κ3) is 4.69. The summed E-state index contributed by atoms with van der Waals surface area (Å²) in [6, 6.07) is 7.01. The van der Waals surface area contributed by atoms with Crippen molar-refractivity contribution >= 4 is 27.5 Å². The van der Waals surface area contributed by atoms with Crippen molar-refractivity contribution in [3.05, 3.63) is 29.3 Å². The molecule has 0 spiro atoms. The summed E-state index contributed by atoms with van der Waals surface area (Å²) in [5.74, 6) is 0.894. The van der Waals surface area contributed by atoms with Crippen LogP contribution in [0.2, 0.25) is 5.02 Å². The molecule has 1 aromatic rings. The van der Waals surface area contributed by atoms with Gasteiger partial charge in [0.25, 0.3) is 0 Å². The van der Waals surface area contributed by atoms with E-state index >= 15 is 0 Å². The molecule has 8 heteroatoms. The van der Waals surface area contributed by atoms with E-state index in [1.807, 2.05) is 0 Å². The number of rotatable bonds is 4. The number of likely N-dealkylation sites (tertiary alicyclic amines) is 1. The van der Waals surface area contributed by atoms with Crippen molar-refractivity contribution in [2.45, 2.75) is 55.9 Å². The molecular weight excluding hydrogens is 422 g/mol. The van der Waals surface area contributed by atoms with Crippen molar-refractivity contribution in [1.29, 1.82) is 0 Å². The van der Waals surface area contributed by atoms with Crippen LogP contribution in [-0.2, 0) is 14.8 Å². The third-order valence-corrected chi connectivity index (χ3v) is 9.32.